The van der Waals surface area contributed by atoms with Crippen molar-refractivity contribution < 1.29 is 9.18 Å². The van der Waals surface area contributed by atoms with Gasteiger partial charge in [-0.05, 0) is 60.9 Å². The van der Waals surface area contributed by atoms with E-state index in [0.29, 0.717) is 30.0 Å². The van der Waals surface area contributed by atoms with Crippen LogP contribution in [0.4, 0.5) is 16.0 Å². The molecule has 0 aliphatic carbocycles. The molecule has 2 aromatic heterocycles. The molecule has 1 amide bonds. The molecule has 0 bridgehead atoms. The molecule has 7 heteroatoms. The van der Waals surface area contributed by atoms with Crippen LogP contribution in [0.3, 0.4) is 0 Å². The second-order valence-corrected chi connectivity index (χ2v) is 8.26. The zero-order chi connectivity index (χ0) is 23.3. The first-order chi connectivity index (χ1) is 16.7. The summed E-state index contributed by atoms with van der Waals surface area (Å²) >= 11 is 0. The number of hydrogen-bond donors (Lipinski definition) is 1. The van der Waals surface area contributed by atoms with Gasteiger partial charge in [0.15, 0.2) is 0 Å². The predicted molar refractivity (Wildman–Crippen MR) is 128 cm³/mol. The Morgan fingerprint density at radius 3 is 2.68 bits per heavy atom. The Kier molecular flexibility index (Phi) is 6.25. The van der Waals surface area contributed by atoms with Crippen molar-refractivity contribution in [2.75, 3.05) is 11.9 Å². The van der Waals surface area contributed by atoms with Crippen LogP contribution in [0, 0.1) is 5.82 Å². The van der Waals surface area contributed by atoms with E-state index in [2.05, 4.69) is 15.3 Å². The molecule has 0 saturated carbocycles. The fraction of sp³-hybridized carbons (Fsp3) is 0.185. The Morgan fingerprint density at radius 2 is 1.82 bits per heavy atom. The Balaban J connectivity index is 1.35. The van der Waals surface area contributed by atoms with E-state index in [0.717, 1.165) is 29.9 Å². The number of nitrogens with zero attached hydrogens (tertiary/aromatic N) is 4. The zero-order valence-electron chi connectivity index (χ0n) is 18.6. The van der Waals surface area contributed by atoms with Gasteiger partial charge in [0.1, 0.15) is 5.82 Å². The summed E-state index contributed by atoms with van der Waals surface area (Å²) in [6.07, 6.45) is 5.48. The summed E-state index contributed by atoms with van der Waals surface area (Å²) in [5.41, 5.74) is 3.58. The van der Waals surface area contributed by atoms with Crippen molar-refractivity contribution in [1.29, 1.82) is 0 Å². The number of amides is 1. The van der Waals surface area contributed by atoms with Crippen molar-refractivity contribution >= 4 is 17.5 Å². The number of halogens is 1. The lowest BCUT2D eigenvalue weighted by atomic mass is 10.1. The van der Waals surface area contributed by atoms with Crippen LogP contribution < -0.4 is 5.32 Å². The van der Waals surface area contributed by atoms with Crippen molar-refractivity contribution in [2.24, 2.45) is 0 Å². The van der Waals surface area contributed by atoms with Crippen LogP contribution in [0.5, 0.6) is 0 Å². The Hall–Kier alpha value is -4.13. The number of hydrogen-bond acceptors (Lipinski definition) is 5. The van der Waals surface area contributed by atoms with Crippen molar-refractivity contribution in [2.45, 2.75) is 25.3 Å². The molecule has 5 rings (SSSR count). The first-order valence-corrected chi connectivity index (χ1v) is 11.3. The van der Waals surface area contributed by atoms with Crippen molar-refractivity contribution in [3.05, 3.63) is 114 Å². The zero-order valence-corrected chi connectivity index (χ0v) is 18.6. The minimum absolute atomic E-state index is 0.0403. The van der Waals surface area contributed by atoms with Crippen LogP contribution in [0.25, 0.3) is 0 Å². The number of likely N-dealkylation sites (tertiary alicyclic amines) is 1. The lowest BCUT2D eigenvalue weighted by Gasteiger charge is -2.25. The summed E-state index contributed by atoms with van der Waals surface area (Å²) in [6, 6.07) is 21.5. The van der Waals surface area contributed by atoms with Crippen molar-refractivity contribution in [1.82, 2.24) is 19.9 Å². The van der Waals surface area contributed by atoms with Gasteiger partial charge in [0.25, 0.3) is 5.91 Å². The van der Waals surface area contributed by atoms with Gasteiger partial charge in [-0.2, -0.15) is 0 Å². The highest BCUT2D eigenvalue weighted by Crippen LogP contribution is 2.33. The summed E-state index contributed by atoms with van der Waals surface area (Å²) in [4.78, 5) is 28.5. The molecule has 0 spiro atoms. The van der Waals surface area contributed by atoms with Crippen LogP contribution in [0.2, 0.25) is 0 Å². The Labute approximate surface area is 197 Å². The van der Waals surface area contributed by atoms with Gasteiger partial charge < -0.3 is 10.2 Å². The fourth-order valence-corrected chi connectivity index (χ4v) is 4.32. The minimum Gasteiger partial charge on any atom is -0.330 e. The molecular weight excluding hydrogens is 429 g/mol. The van der Waals surface area contributed by atoms with Crippen LogP contribution in [-0.2, 0) is 6.42 Å². The van der Waals surface area contributed by atoms with E-state index in [1.807, 2.05) is 53.4 Å². The number of anilines is 2. The average molecular weight is 454 g/mol. The van der Waals surface area contributed by atoms with E-state index < -0.39 is 0 Å². The number of carbonyl (C=O) groups excluding carboxylic acids is 1. The van der Waals surface area contributed by atoms with E-state index >= 15 is 0 Å². The van der Waals surface area contributed by atoms with Crippen molar-refractivity contribution in [3.8, 4) is 0 Å². The molecule has 1 N–H and O–H groups in total. The first kappa shape index (κ1) is 21.7. The number of aromatic nitrogens is 3. The van der Waals surface area contributed by atoms with Gasteiger partial charge in [0.2, 0.25) is 5.95 Å². The average Bonchev–Trinajstić information content (AvgIpc) is 3.36. The monoisotopic (exact) mass is 453 g/mol. The van der Waals surface area contributed by atoms with E-state index in [1.54, 1.807) is 30.6 Å². The molecular formula is C27H24FN5O. The smallest absolute Gasteiger partial charge is 0.254 e. The standard InChI is InChI=1S/C27H24FN5O/c28-23-11-2-1-7-19(23)17-21-10-4-12-24(31-21)25-13-5-16-33(25)26(34)20-8-3-9-22(18-20)32-27-29-14-6-15-30-27/h1-4,6-12,14-15,18,25H,5,13,16-17H2,(H,29,30,32)/t25-/m1/s1. The maximum atomic E-state index is 14.1. The van der Waals surface area contributed by atoms with E-state index in [9.17, 15) is 9.18 Å². The molecule has 170 valence electrons. The van der Waals surface area contributed by atoms with Crippen molar-refractivity contribution in [3.63, 3.8) is 0 Å². The Bertz CT molecular complexity index is 1300. The van der Waals surface area contributed by atoms with Gasteiger partial charge >= 0.3 is 0 Å². The van der Waals surface area contributed by atoms with E-state index in [4.69, 9.17) is 4.98 Å². The number of carbonyl (C=O) groups is 1. The third kappa shape index (κ3) is 4.78. The lowest BCUT2D eigenvalue weighted by Crippen LogP contribution is -2.31. The number of benzene rings is 2. The molecule has 3 heterocycles. The largest absolute Gasteiger partial charge is 0.330 e. The maximum absolute atomic E-state index is 14.1. The second-order valence-electron chi connectivity index (χ2n) is 8.26. The molecule has 34 heavy (non-hydrogen) atoms. The molecule has 6 nitrogen and oxygen atoms in total. The van der Waals surface area contributed by atoms with Crippen LogP contribution >= 0.6 is 0 Å². The number of pyridine rings is 1. The van der Waals surface area contributed by atoms with Gasteiger partial charge in [-0.25, -0.2) is 14.4 Å². The van der Waals surface area contributed by atoms with Gasteiger partial charge in [-0.3, -0.25) is 9.78 Å². The summed E-state index contributed by atoms with van der Waals surface area (Å²) in [5, 5.41) is 3.13. The van der Waals surface area contributed by atoms with Gasteiger partial charge in [0, 0.05) is 42.3 Å². The number of rotatable bonds is 6. The molecule has 1 aliphatic rings. The predicted octanol–water partition coefficient (Wildman–Crippen LogP) is 5.32. The summed E-state index contributed by atoms with van der Waals surface area (Å²) in [5.74, 6) is 0.199. The first-order valence-electron chi connectivity index (χ1n) is 11.3. The molecule has 0 radical (unpaired) electrons. The number of nitrogens with one attached hydrogen (secondary N) is 1. The van der Waals surface area contributed by atoms with Gasteiger partial charge in [-0.15, -0.1) is 0 Å². The normalized spacial score (nSPS) is 15.3. The molecule has 4 aromatic rings. The quantitative estimate of drug-likeness (QED) is 0.428. The van der Waals surface area contributed by atoms with Crippen LogP contribution in [-0.4, -0.2) is 32.3 Å². The van der Waals surface area contributed by atoms with Gasteiger partial charge in [-0.1, -0.05) is 30.3 Å². The second kappa shape index (κ2) is 9.79. The SMILES string of the molecule is O=C(c1cccc(Nc2ncccn2)c1)N1CCC[C@@H]1c1cccc(Cc2ccccc2F)n1. The highest BCUT2D eigenvalue weighted by molar-refractivity contribution is 5.95. The third-order valence-electron chi connectivity index (χ3n) is 5.94. The summed E-state index contributed by atoms with van der Waals surface area (Å²) < 4.78 is 14.1. The molecule has 1 fully saturated rings. The van der Waals surface area contributed by atoms with E-state index in [-0.39, 0.29) is 17.8 Å². The minimum atomic E-state index is -0.234. The topological polar surface area (TPSA) is 71.0 Å². The molecule has 1 saturated heterocycles. The summed E-state index contributed by atoms with van der Waals surface area (Å²) in [7, 11) is 0. The van der Waals surface area contributed by atoms with Crippen LogP contribution in [0.1, 0.15) is 46.2 Å². The molecule has 2 aromatic carbocycles. The Morgan fingerprint density at radius 1 is 1.00 bits per heavy atom. The summed E-state index contributed by atoms with van der Waals surface area (Å²) in [6.45, 7) is 0.669. The third-order valence-corrected chi connectivity index (χ3v) is 5.94. The van der Waals surface area contributed by atoms with E-state index in [1.165, 1.54) is 6.07 Å². The molecule has 1 aliphatic heterocycles. The highest BCUT2D eigenvalue weighted by atomic mass is 19.1. The maximum Gasteiger partial charge on any atom is 0.254 e. The fourth-order valence-electron chi connectivity index (χ4n) is 4.32. The van der Waals surface area contributed by atoms with Gasteiger partial charge in [0.05, 0.1) is 11.7 Å². The lowest BCUT2D eigenvalue weighted by molar-refractivity contribution is 0.0733. The van der Waals surface area contributed by atoms with Crippen LogP contribution in [0.15, 0.2) is 85.2 Å². The molecule has 1 atom stereocenters. The highest BCUT2D eigenvalue weighted by Gasteiger charge is 2.31. The molecule has 0 unspecified atom stereocenters.